The molecule has 0 aliphatic rings. The maximum atomic E-state index is 13.4. The van der Waals surface area contributed by atoms with Crippen molar-refractivity contribution in [3.05, 3.63) is 71.3 Å². The van der Waals surface area contributed by atoms with Crippen LogP contribution in [-0.4, -0.2) is 38.7 Å². The molecular formula is C18H18BrF2NO3. The predicted molar refractivity (Wildman–Crippen MR) is 93.7 cm³/mol. The van der Waals surface area contributed by atoms with E-state index in [1.54, 1.807) is 24.3 Å². The number of hydrogen-bond donors (Lipinski definition) is 2. The molecule has 0 spiro atoms. The Morgan fingerprint density at radius 1 is 1.08 bits per heavy atom. The van der Waals surface area contributed by atoms with Crippen molar-refractivity contribution < 1.29 is 23.8 Å². The number of hydrogen-bond acceptors (Lipinski definition) is 2. The Hall–Kier alpha value is -1.99. The van der Waals surface area contributed by atoms with E-state index in [2.05, 4.69) is 15.9 Å². The predicted octanol–water partition coefficient (Wildman–Crippen LogP) is 3.81. The van der Waals surface area contributed by atoms with Crippen LogP contribution in [0.25, 0.3) is 0 Å². The monoisotopic (exact) mass is 413 g/mol. The van der Waals surface area contributed by atoms with Gasteiger partial charge in [-0.3, -0.25) is 4.90 Å². The van der Waals surface area contributed by atoms with E-state index >= 15 is 0 Å². The smallest absolute Gasteiger partial charge is 0.407 e. The highest BCUT2D eigenvalue weighted by atomic mass is 79.9. The fourth-order valence-corrected chi connectivity index (χ4v) is 3.07. The molecule has 0 unspecified atom stereocenters. The van der Waals surface area contributed by atoms with Crippen molar-refractivity contribution in [3.63, 3.8) is 0 Å². The fourth-order valence-electron chi connectivity index (χ4n) is 2.63. The van der Waals surface area contributed by atoms with E-state index in [9.17, 15) is 23.8 Å². The number of carboxylic acid groups (broad SMARTS) is 1. The number of carbonyl (C=O) groups is 1. The largest absolute Gasteiger partial charge is 0.465 e. The molecule has 2 rings (SSSR count). The molecular weight excluding hydrogens is 396 g/mol. The molecule has 0 aromatic heterocycles. The van der Waals surface area contributed by atoms with Gasteiger partial charge in [0, 0.05) is 17.9 Å². The first-order valence-electron chi connectivity index (χ1n) is 7.63. The topological polar surface area (TPSA) is 60.8 Å². The van der Waals surface area contributed by atoms with Crippen molar-refractivity contribution >= 4 is 22.0 Å². The molecule has 2 N–H and O–H groups in total. The van der Waals surface area contributed by atoms with E-state index in [-0.39, 0.29) is 23.9 Å². The molecule has 0 aliphatic carbocycles. The summed E-state index contributed by atoms with van der Waals surface area (Å²) in [6, 6.07) is 11.1. The average Bonchev–Trinajstić information content (AvgIpc) is 2.57. The lowest BCUT2D eigenvalue weighted by atomic mass is 9.99. The van der Waals surface area contributed by atoms with Crippen LogP contribution in [0.5, 0.6) is 0 Å². The highest BCUT2D eigenvalue weighted by molar-refractivity contribution is 9.09. The molecule has 0 saturated heterocycles. The van der Waals surface area contributed by atoms with Gasteiger partial charge in [0.2, 0.25) is 0 Å². The molecule has 2 aromatic rings. The molecule has 2 atom stereocenters. The zero-order chi connectivity index (χ0) is 18.4. The highest BCUT2D eigenvalue weighted by Gasteiger charge is 2.30. The first kappa shape index (κ1) is 19.3. The molecule has 0 saturated carbocycles. The van der Waals surface area contributed by atoms with Crippen LogP contribution in [0.4, 0.5) is 13.6 Å². The Morgan fingerprint density at radius 2 is 1.68 bits per heavy atom. The Labute approximate surface area is 152 Å². The van der Waals surface area contributed by atoms with Gasteiger partial charge in [-0.05, 0) is 29.7 Å². The molecule has 0 fully saturated rings. The third-order valence-electron chi connectivity index (χ3n) is 3.81. The third-order valence-corrected chi connectivity index (χ3v) is 4.47. The molecule has 0 bridgehead atoms. The fraction of sp³-hybridized carbons (Fsp3) is 0.278. The Kier molecular flexibility index (Phi) is 6.90. The van der Waals surface area contributed by atoms with Gasteiger partial charge in [-0.2, -0.15) is 0 Å². The minimum atomic E-state index is -1.22. The number of rotatable bonds is 7. The number of benzene rings is 2. The van der Waals surface area contributed by atoms with Crippen LogP contribution in [0.1, 0.15) is 11.1 Å². The molecule has 134 valence electrons. The SMILES string of the molecule is O=C(O)N(Cc1ccccc1)[C@@H](Cc1cc(F)cc(F)c1)[C@H](O)CBr. The van der Waals surface area contributed by atoms with Gasteiger partial charge in [0.1, 0.15) is 11.6 Å². The van der Waals surface area contributed by atoms with Crippen molar-refractivity contribution in [1.82, 2.24) is 4.90 Å². The van der Waals surface area contributed by atoms with E-state index < -0.39 is 29.9 Å². The van der Waals surface area contributed by atoms with E-state index in [1.165, 1.54) is 0 Å². The van der Waals surface area contributed by atoms with Crippen LogP contribution < -0.4 is 0 Å². The van der Waals surface area contributed by atoms with Gasteiger partial charge in [-0.1, -0.05) is 46.3 Å². The Morgan fingerprint density at radius 3 is 2.20 bits per heavy atom. The summed E-state index contributed by atoms with van der Waals surface area (Å²) in [5.41, 5.74) is 1.03. The lowest BCUT2D eigenvalue weighted by Gasteiger charge is -2.32. The molecule has 4 nitrogen and oxygen atoms in total. The Balaban J connectivity index is 2.30. The molecule has 0 heterocycles. The van der Waals surface area contributed by atoms with Crippen molar-refractivity contribution in [2.75, 3.05) is 5.33 Å². The summed E-state index contributed by atoms with van der Waals surface area (Å²) in [4.78, 5) is 12.8. The van der Waals surface area contributed by atoms with Crippen LogP contribution in [0, 0.1) is 11.6 Å². The summed E-state index contributed by atoms with van der Waals surface area (Å²) in [6.07, 6.45) is -2.27. The van der Waals surface area contributed by atoms with Crippen molar-refractivity contribution in [2.45, 2.75) is 25.1 Å². The number of aliphatic hydroxyl groups is 1. The quantitative estimate of drug-likeness (QED) is 0.678. The van der Waals surface area contributed by atoms with Crippen molar-refractivity contribution in [3.8, 4) is 0 Å². The second-order valence-corrected chi connectivity index (χ2v) is 6.31. The summed E-state index contributed by atoms with van der Waals surface area (Å²) in [7, 11) is 0. The van der Waals surface area contributed by atoms with E-state index in [4.69, 9.17) is 0 Å². The molecule has 1 amide bonds. The van der Waals surface area contributed by atoms with Crippen LogP contribution in [0.2, 0.25) is 0 Å². The number of amides is 1. The maximum absolute atomic E-state index is 13.4. The minimum absolute atomic E-state index is 0.0133. The summed E-state index contributed by atoms with van der Waals surface area (Å²) in [6.45, 7) is 0.0582. The van der Waals surface area contributed by atoms with Crippen molar-refractivity contribution in [1.29, 1.82) is 0 Å². The lowest BCUT2D eigenvalue weighted by Crippen LogP contribution is -2.48. The second kappa shape index (κ2) is 8.92. The maximum Gasteiger partial charge on any atom is 0.407 e. The molecule has 0 radical (unpaired) electrons. The number of halogens is 3. The van der Waals surface area contributed by atoms with Gasteiger partial charge in [-0.15, -0.1) is 0 Å². The standard InChI is InChI=1S/C18H18BrF2NO3/c19-10-17(23)16(8-13-6-14(20)9-15(21)7-13)22(18(24)25)11-12-4-2-1-3-5-12/h1-7,9,16-17,23H,8,10-11H2,(H,24,25)/t16-,17+/m0/s1. The van der Waals surface area contributed by atoms with Crippen LogP contribution in [0.3, 0.4) is 0 Å². The van der Waals surface area contributed by atoms with E-state index in [1.807, 2.05) is 6.07 Å². The zero-order valence-electron chi connectivity index (χ0n) is 13.3. The zero-order valence-corrected chi connectivity index (χ0v) is 14.9. The van der Waals surface area contributed by atoms with Gasteiger partial charge in [-0.25, -0.2) is 13.6 Å². The summed E-state index contributed by atoms with van der Waals surface area (Å²) in [5, 5.41) is 20.0. The van der Waals surface area contributed by atoms with Gasteiger partial charge < -0.3 is 10.2 Å². The summed E-state index contributed by atoms with van der Waals surface area (Å²) < 4.78 is 26.9. The van der Waals surface area contributed by atoms with Gasteiger partial charge >= 0.3 is 6.09 Å². The summed E-state index contributed by atoms with van der Waals surface area (Å²) in [5.74, 6) is -1.49. The first-order chi connectivity index (χ1) is 11.9. The minimum Gasteiger partial charge on any atom is -0.465 e. The number of alkyl halides is 1. The van der Waals surface area contributed by atoms with Crippen molar-refractivity contribution in [2.24, 2.45) is 0 Å². The van der Waals surface area contributed by atoms with Crippen LogP contribution in [-0.2, 0) is 13.0 Å². The van der Waals surface area contributed by atoms with Gasteiger partial charge in [0.05, 0.1) is 12.1 Å². The van der Waals surface area contributed by atoms with Crippen LogP contribution in [0.15, 0.2) is 48.5 Å². The molecule has 2 aromatic carbocycles. The lowest BCUT2D eigenvalue weighted by molar-refractivity contribution is 0.0562. The van der Waals surface area contributed by atoms with Gasteiger partial charge in [0.15, 0.2) is 0 Å². The highest BCUT2D eigenvalue weighted by Crippen LogP contribution is 2.19. The molecule has 25 heavy (non-hydrogen) atoms. The number of aliphatic hydroxyl groups excluding tert-OH is 1. The summed E-state index contributed by atoms with van der Waals surface area (Å²) >= 11 is 3.14. The normalized spacial score (nSPS) is 13.3. The molecule has 7 heteroatoms. The van der Waals surface area contributed by atoms with Gasteiger partial charge in [0.25, 0.3) is 0 Å². The van der Waals surface area contributed by atoms with E-state index in [0.29, 0.717) is 0 Å². The second-order valence-electron chi connectivity index (χ2n) is 5.67. The van der Waals surface area contributed by atoms with E-state index in [0.717, 1.165) is 28.7 Å². The number of nitrogens with zero attached hydrogens (tertiary/aromatic N) is 1. The third kappa shape index (κ3) is 5.51. The van der Waals surface area contributed by atoms with Crippen LogP contribution >= 0.6 is 15.9 Å². The molecule has 0 aliphatic heterocycles. The first-order valence-corrected chi connectivity index (χ1v) is 8.75. The Bertz CT molecular complexity index is 694. The average molecular weight is 414 g/mol.